The van der Waals surface area contributed by atoms with E-state index >= 15 is 0 Å². The van der Waals surface area contributed by atoms with Crippen molar-refractivity contribution < 1.29 is 14.6 Å². The van der Waals surface area contributed by atoms with Gasteiger partial charge in [0, 0.05) is 25.1 Å². The normalized spacial score (nSPS) is 15.6. The molecule has 23 heavy (non-hydrogen) atoms. The summed E-state index contributed by atoms with van der Waals surface area (Å²) < 4.78 is 12.8. The van der Waals surface area contributed by atoms with Gasteiger partial charge >= 0.3 is 0 Å². The Morgan fingerprint density at radius 2 is 1.74 bits per heavy atom. The Bertz CT molecular complexity index is 509. The Morgan fingerprint density at radius 1 is 1.17 bits per heavy atom. The third-order valence-corrected chi connectivity index (χ3v) is 4.02. The van der Waals surface area contributed by atoms with Gasteiger partial charge < -0.3 is 15.1 Å². The summed E-state index contributed by atoms with van der Waals surface area (Å²) in [5.41, 5.74) is 4.57. The fourth-order valence-corrected chi connectivity index (χ4v) is 2.63. The van der Waals surface area contributed by atoms with Crippen molar-refractivity contribution in [2.24, 2.45) is 0 Å². The SMILES string of the molecule is C=C=C1CCN(CCCC(O)(O)c2ccc(F)cc2)CC1.CC. The standard InChI is InChI=1S/C17H22FNO2.C2H6/c1-2-14-8-12-19(13-9-14)11-3-10-17(20,21)15-4-6-16(18)7-5-15;1-2/h4-7,20-21H,1,3,8-13H2;1-2H3. The first-order chi connectivity index (χ1) is 11.0. The Morgan fingerprint density at radius 3 is 2.26 bits per heavy atom. The molecule has 2 rings (SSSR count). The second kappa shape index (κ2) is 9.64. The van der Waals surface area contributed by atoms with Crippen molar-refractivity contribution in [1.82, 2.24) is 4.90 Å². The fourth-order valence-electron chi connectivity index (χ4n) is 2.63. The summed E-state index contributed by atoms with van der Waals surface area (Å²) in [7, 11) is 0. The molecule has 1 heterocycles. The van der Waals surface area contributed by atoms with E-state index in [2.05, 4.69) is 17.2 Å². The molecule has 128 valence electrons. The maximum atomic E-state index is 12.8. The first kappa shape index (κ1) is 19.6. The fraction of sp³-hybridized carbons (Fsp3) is 0.526. The summed E-state index contributed by atoms with van der Waals surface area (Å²) in [5, 5.41) is 20.2. The number of likely N-dealkylation sites (tertiary alicyclic amines) is 1. The lowest BCUT2D eigenvalue weighted by molar-refractivity contribution is -0.175. The highest BCUT2D eigenvalue weighted by molar-refractivity contribution is 5.20. The predicted molar refractivity (Wildman–Crippen MR) is 91.4 cm³/mol. The molecule has 2 N–H and O–H groups in total. The van der Waals surface area contributed by atoms with Crippen molar-refractivity contribution in [3.63, 3.8) is 0 Å². The first-order valence-electron chi connectivity index (χ1n) is 8.32. The molecule has 0 radical (unpaired) electrons. The molecular weight excluding hydrogens is 293 g/mol. The zero-order valence-corrected chi connectivity index (χ0v) is 14.2. The molecule has 0 atom stereocenters. The van der Waals surface area contributed by atoms with Crippen LogP contribution in [0.5, 0.6) is 0 Å². The van der Waals surface area contributed by atoms with Crippen LogP contribution in [0.2, 0.25) is 0 Å². The number of halogens is 1. The molecule has 1 aliphatic rings. The number of rotatable bonds is 5. The average molecular weight is 321 g/mol. The van der Waals surface area contributed by atoms with E-state index in [0.29, 0.717) is 12.0 Å². The quantitative estimate of drug-likeness (QED) is 0.643. The molecule has 0 spiro atoms. The second-order valence-corrected chi connectivity index (χ2v) is 5.55. The molecule has 1 aromatic rings. The zero-order chi connectivity index (χ0) is 17.3. The van der Waals surface area contributed by atoms with E-state index < -0.39 is 5.79 Å². The van der Waals surface area contributed by atoms with Gasteiger partial charge in [0.2, 0.25) is 0 Å². The number of aliphatic hydroxyl groups is 2. The Hall–Kier alpha value is -1.45. The minimum atomic E-state index is -1.89. The summed E-state index contributed by atoms with van der Waals surface area (Å²) in [6, 6.07) is 5.31. The van der Waals surface area contributed by atoms with Gasteiger partial charge in [-0.3, -0.25) is 0 Å². The maximum Gasteiger partial charge on any atom is 0.189 e. The van der Waals surface area contributed by atoms with E-state index in [4.69, 9.17) is 0 Å². The first-order valence-corrected chi connectivity index (χ1v) is 8.32. The van der Waals surface area contributed by atoms with E-state index in [0.717, 1.165) is 32.5 Å². The third kappa shape index (κ3) is 6.28. The van der Waals surface area contributed by atoms with Crippen molar-refractivity contribution >= 4 is 0 Å². The molecule has 0 aromatic heterocycles. The van der Waals surface area contributed by atoms with Gasteiger partial charge in [-0.05, 0) is 43.5 Å². The lowest BCUT2D eigenvalue weighted by atomic mass is 10.00. The van der Waals surface area contributed by atoms with Crippen LogP contribution >= 0.6 is 0 Å². The number of benzene rings is 1. The average Bonchev–Trinajstić information content (AvgIpc) is 2.57. The Kier molecular flexibility index (Phi) is 8.21. The van der Waals surface area contributed by atoms with E-state index in [1.165, 1.54) is 29.8 Å². The predicted octanol–water partition coefficient (Wildman–Crippen LogP) is 3.58. The van der Waals surface area contributed by atoms with Crippen LogP contribution in [-0.4, -0.2) is 34.7 Å². The van der Waals surface area contributed by atoms with Crippen LogP contribution in [0.1, 0.15) is 45.1 Å². The molecule has 0 aliphatic carbocycles. The van der Waals surface area contributed by atoms with Crippen molar-refractivity contribution in [3.8, 4) is 0 Å². The van der Waals surface area contributed by atoms with Gasteiger partial charge in [-0.2, -0.15) is 0 Å². The topological polar surface area (TPSA) is 43.7 Å². The number of hydrogen-bond donors (Lipinski definition) is 2. The van der Waals surface area contributed by atoms with Crippen molar-refractivity contribution in [2.75, 3.05) is 19.6 Å². The number of nitrogens with zero attached hydrogens (tertiary/aromatic N) is 1. The highest BCUT2D eigenvalue weighted by atomic mass is 19.1. The largest absolute Gasteiger partial charge is 0.362 e. The number of hydrogen-bond acceptors (Lipinski definition) is 3. The van der Waals surface area contributed by atoms with Crippen LogP contribution in [-0.2, 0) is 5.79 Å². The lowest BCUT2D eigenvalue weighted by Crippen LogP contribution is -2.33. The molecule has 1 saturated heterocycles. The molecule has 1 aliphatic heterocycles. The summed E-state index contributed by atoms with van der Waals surface area (Å²) in [6.07, 6.45) is 2.90. The van der Waals surface area contributed by atoms with Crippen LogP contribution in [0.25, 0.3) is 0 Å². The van der Waals surface area contributed by atoms with Gasteiger partial charge in [0.25, 0.3) is 0 Å². The van der Waals surface area contributed by atoms with Crippen molar-refractivity contribution in [3.05, 3.63) is 53.5 Å². The minimum Gasteiger partial charge on any atom is -0.362 e. The molecule has 0 saturated carbocycles. The molecule has 1 fully saturated rings. The monoisotopic (exact) mass is 321 g/mol. The van der Waals surface area contributed by atoms with E-state index in [9.17, 15) is 14.6 Å². The highest BCUT2D eigenvalue weighted by Gasteiger charge is 2.25. The highest BCUT2D eigenvalue weighted by Crippen LogP contribution is 2.24. The van der Waals surface area contributed by atoms with Gasteiger partial charge in [0.1, 0.15) is 5.82 Å². The second-order valence-electron chi connectivity index (χ2n) is 5.55. The van der Waals surface area contributed by atoms with Crippen LogP contribution in [0, 0.1) is 5.82 Å². The van der Waals surface area contributed by atoms with Crippen molar-refractivity contribution in [2.45, 2.75) is 45.3 Å². The van der Waals surface area contributed by atoms with E-state index in [-0.39, 0.29) is 12.2 Å². The Balaban J connectivity index is 0.00000127. The van der Waals surface area contributed by atoms with Crippen LogP contribution in [0.3, 0.4) is 0 Å². The maximum absolute atomic E-state index is 12.8. The smallest absolute Gasteiger partial charge is 0.189 e. The number of piperidine rings is 1. The molecule has 3 nitrogen and oxygen atoms in total. The van der Waals surface area contributed by atoms with Gasteiger partial charge in [0.15, 0.2) is 5.79 Å². The van der Waals surface area contributed by atoms with E-state index in [1.54, 1.807) is 0 Å². The van der Waals surface area contributed by atoms with Crippen LogP contribution < -0.4 is 0 Å². The van der Waals surface area contributed by atoms with Crippen LogP contribution in [0.4, 0.5) is 4.39 Å². The molecule has 0 unspecified atom stereocenters. The van der Waals surface area contributed by atoms with Gasteiger partial charge in [0.05, 0.1) is 0 Å². The summed E-state index contributed by atoms with van der Waals surface area (Å²) in [6.45, 7) is 10.4. The summed E-state index contributed by atoms with van der Waals surface area (Å²) >= 11 is 0. The minimum absolute atomic E-state index is 0.235. The summed E-state index contributed by atoms with van der Waals surface area (Å²) in [4.78, 5) is 2.31. The molecule has 0 amide bonds. The molecule has 4 heteroatoms. The third-order valence-electron chi connectivity index (χ3n) is 4.02. The van der Waals surface area contributed by atoms with Gasteiger partial charge in [-0.1, -0.05) is 32.6 Å². The molecule has 1 aromatic carbocycles. The molecule has 0 bridgehead atoms. The molecular formula is C19H28FNO2. The van der Waals surface area contributed by atoms with Gasteiger partial charge in [-0.15, -0.1) is 5.73 Å². The zero-order valence-electron chi connectivity index (χ0n) is 14.2. The van der Waals surface area contributed by atoms with Crippen molar-refractivity contribution in [1.29, 1.82) is 0 Å². The van der Waals surface area contributed by atoms with Gasteiger partial charge in [-0.25, -0.2) is 4.39 Å². The van der Waals surface area contributed by atoms with E-state index in [1.807, 2.05) is 13.8 Å². The Labute approximate surface area is 138 Å². The summed E-state index contributed by atoms with van der Waals surface area (Å²) in [5.74, 6) is -2.27. The lowest BCUT2D eigenvalue weighted by Gasteiger charge is -2.29. The van der Waals surface area contributed by atoms with Crippen LogP contribution in [0.15, 0.2) is 42.1 Å².